The molecule has 4 heteroatoms. The topological polar surface area (TPSA) is 31.0 Å². The molecule has 1 saturated heterocycles. The first kappa shape index (κ1) is 8.20. The fraction of sp³-hybridized carbons (Fsp3) is 1.00. The highest BCUT2D eigenvalue weighted by atomic mass is 28.4. The summed E-state index contributed by atoms with van der Waals surface area (Å²) in [5, 5.41) is 0. The number of hydrogen-bond acceptors (Lipinski definition) is 3. The van der Waals surface area contributed by atoms with Crippen LogP contribution in [0.15, 0.2) is 0 Å². The summed E-state index contributed by atoms with van der Waals surface area (Å²) in [7, 11) is -1.47. The highest BCUT2D eigenvalue weighted by Gasteiger charge is 2.24. The van der Waals surface area contributed by atoms with Gasteiger partial charge in [0.1, 0.15) is 12.7 Å². The van der Waals surface area contributed by atoms with Crippen LogP contribution in [0, 0.1) is 0 Å². The van der Waals surface area contributed by atoms with Crippen molar-refractivity contribution in [1.82, 2.24) is 0 Å². The molecule has 1 fully saturated rings. The van der Waals surface area contributed by atoms with Gasteiger partial charge in [-0.3, -0.25) is 4.58 Å². The Hall–Kier alpha value is 0.0969. The second-order valence-corrected chi connectivity index (χ2v) is 7.83. The minimum absolute atomic E-state index is 0.302. The zero-order valence-corrected chi connectivity index (χ0v) is 7.72. The van der Waals surface area contributed by atoms with Crippen molar-refractivity contribution in [2.24, 2.45) is 0 Å². The van der Waals surface area contributed by atoms with E-state index in [-0.39, 0.29) is 0 Å². The molecule has 10 heavy (non-hydrogen) atoms. The molecule has 0 radical (unpaired) electrons. The summed E-state index contributed by atoms with van der Waals surface area (Å²) in [6, 6.07) is 0. The summed E-state index contributed by atoms with van der Waals surface area (Å²) < 4.78 is 10.1. The molecule has 0 saturated carbocycles. The monoisotopic (exact) mass is 162 g/mol. The zero-order chi connectivity index (χ0) is 7.61. The Morgan fingerprint density at radius 2 is 2.10 bits per heavy atom. The van der Waals surface area contributed by atoms with Gasteiger partial charge in [0, 0.05) is 0 Å². The predicted octanol–water partition coefficient (Wildman–Crippen LogP) is 1.17. The molecule has 60 valence electrons. The Balaban J connectivity index is 1.93. The fourth-order valence-electron chi connectivity index (χ4n) is 0.451. The summed E-state index contributed by atoms with van der Waals surface area (Å²) in [5.74, 6) is 0. The maximum absolute atomic E-state index is 5.14. The molecular weight excluding hydrogens is 148 g/mol. The van der Waals surface area contributed by atoms with Gasteiger partial charge in [0.05, 0.1) is 6.61 Å². The Morgan fingerprint density at radius 1 is 1.50 bits per heavy atom. The summed E-state index contributed by atoms with van der Waals surface area (Å²) in [5.41, 5.74) is 0. The van der Waals surface area contributed by atoms with Crippen molar-refractivity contribution in [1.29, 1.82) is 0 Å². The highest BCUT2D eigenvalue weighted by Crippen LogP contribution is 2.10. The van der Waals surface area contributed by atoms with Gasteiger partial charge in [-0.2, -0.15) is 0 Å². The third-order valence-corrected chi connectivity index (χ3v) is 1.58. The van der Waals surface area contributed by atoms with E-state index in [0.29, 0.717) is 12.7 Å². The third-order valence-electron chi connectivity index (χ3n) is 0.965. The summed E-state index contributed by atoms with van der Waals surface area (Å²) in [6.45, 7) is 7.67. The van der Waals surface area contributed by atoms with E-state index >= 15 is 0 Å². The van der Waals surface area contributed by atoms with E-state index in [1.807, 2.05) is 0 Å². The Morgan fingerprint density at radius 3 is 2.50 bits per heavy atom. The van der Waals surface area contributed by atoms with Crippen molar-refractivity contribution in [2.45, 2.75) is 25.7 Å². The highest BCUT2D eigenvalue weighted by molar-refractivity contribution is 6.69. The fourth-order valence-corrected chi connectivity index (χ4v) is 0.873. The van der Waals surface area contributed by atoms with Gasteiger partial charge in [-0.05, 0) is 19.6 Å². The minimum atomic E-state index is -1.47. The average molecular weight is 162 g/mol. The minimum Gasteiger partial charge on any atom is -0.370 e. The molecule has 0 aromatic heterocycles. The van der Waals surface area contributed by atoms with E-state index in [0.717, 1.165) is 6.61 Å². The van der Waals surface area contributed by atoms with Gasteiger partial charge in [0.2, 0.25) is 8.32 Å². The standard InChI is InChI=1S/C6H14O3Si/c1-10(2,3)9-8-5-6-4-7-6/h6H,4-5H2,1-3H3. The molecule has 1 aliphatic heterocycles. The van der Waals surface area contributed by atoms with Crippen LogP contribution in [-0.4, -0.2) is 27.6 Å². The van der Waals surface area contributed by atoms with E-state index in [1.54, 1.807) is 0 Å². The van der Waals surface area contributed by atoms with Gasteiger partial charge in [-0.1, -0.05) is 0 Å². The van der Waals surface area contributed by atoms with Crippen LogP contribution in [0.4, 0.5) is 0 Å². The number of ether oxygens (including phenoxy) is 1. The lowest BCUT2D eigenvalue weighted by atomic mass is 10.5. The first-order chi connectivity index (χ1) is 4.58. The van der Waals surface area contributed by atoms with Crippen molar-refractivity contribution in [2.75, 3.05) is 13.2 Å². The van der Waals surface area contributed by atoms with Crippen LogP contribution in [0.5, 0.6) is 0 Å². The van der Waals surface area contributed by atoms with Crippen LogP contribution in [0.1, 0.15) is 0 Å². The van der Waals surface area contributed by atoms with Gasteiger partial charge in [-0.25, -0.2) is 4.89 Å². The van der Waals surface area contributed by atoms with Crippen LogP contribution in [-0.2, 0) is 14.2 Å². The Kier molecular flexibility index (Phi) is 2.46. The van der Waals surface area contributed by atoms with E-state index in [9.17, 15) is 0 Å². The molecule has 1 unspecified atom stereocenters. The van der Waals surface area contributed by atoms with E-state index in [2.05, 4.69) is 19.6 Å². The van der Waals surface area contributed by atoms with Gasteiger partial charge < -0.3 is 4.74 Å². The first-order valence-corrected chi connectivity index (χ1v) is 6.91. The van der Waals surface area contributed by atoms with Crippen molar-refractivity contribution in [3.8, 4) is 0 Å². The molecule has 0 aromatic rings. The predicted molar refractivity (Wildman–Crippen MR) is 40.1 cm³/mol. The van der Waals surface area contributed by atoms with Gasteiger partial charge in [0.15, 0.2) is 0 Å². The molecule has 3 nitrogen and oxygen atoms in total. The second-order valence-electron chi connectivity index (χ2n) is 3.44. The Labute approximate surface area is 62.3 Å². The normalized spacial score (nSPS) is 24.9. The quantitative estimate of drug-likeness (QED) is 0.269. The van der Waals surface area contributed by atoms with Crippen LogP contribution >= 0.6 is 0 Å². The molecule has 1 heterocycles. The van der Waals surface area contributed by atoms with Crippen LogP contribution in [0.25, 0.3) is 0 Å². The lowest BCUT2D eigenvalue weighted by Crippen LogP contribution is -2.26. The maximum atomic E-state index is 5.14. The Bertz CT molecular complexity index is 106. The lowest BCUT2D eigenvalue weighted by molar-refractivity contribution is -0.220. The number of rotatable bonds is 4. The third kappa shape index (κ3) is 4.00. The average Bonchev–Trinajstić information content (AvgIpc) is 2.45. The van der Waals surface area contributed by atoms with Crippen molar-refractivity contribution >= 4 is 8.32 Å². The molecular formula is C6H14O3Si. The van der Waals surface area contributed by atoms with E-state index in [1.165, 1.54) is 0 Å². The molecule has 0 aromatic carbocycles. The lowest BCUT2D eigenvalue weighted by Gasteiger charge is -2.14. The SMILES string of the molecule is C[Si](C)(C)OOCC1CO1. The molecule has 1 rings (SSSR count). The molecule has 0 amide bonds. The van der Waals surface area contributed by atoms with Crippen molar-refractivity contribution < 1.29 is 14.2 Å². The van der Waals surface area contributed by atoms with Gasteiger partial charge >= 0.3 is 0 Å². The molecule has 0 bridgehead atoms. The molecule has 0 spiro atoms. The van der Waals surface area contributed by atoms with Crippen molar-refractivity contribution in [3.05, 3.63) is 0 Å². The summed E-state index contributed by atoms with van der Waals surface area (Å²) in [6.07, 6.45) is 0.302. The van der Waals surface area contributed by atoms with Gasteiger partial charge in [0.25, 0.3) is 0 Å². The van der Waals surface area contributed by atoms with Crippen LogP contribution < -0.4 is 0 Å². The van der Waals surface area contributed by atoms with Crippen molar-refractivity contribution in [3.63, 3.8) is 0 Å². The van der Waals surface area contributed by atoms with Gasteiger partial charge in [-0.15, -0.1) is 0 Å². The summed E-state index contributed by atoms with van der Waals surface area (Å²) in [4.78, 5) is 4.96. The maximum Gasteiger partial charge on any atom is 0.230 e. The molecule has 1 aliphatic rings. The largest absolute Gasteiger partial charge is 0.370 e. The second kappa shape index (κ2) is 3.00. The smallest absolute Gasteiger partial charge is 0.230 e. The van der Waals surface area contributed by atoms with Crippen LogP contribution in [0.3, 0.4) is 0 Å². The number of hydrogen-bond donors (Lipinski definition) is 0. The van der Waals surface area contributed by atoms with Crippen LogP contribution in [0.2, 0.25) is 19.6 Å². The van der Waals surface area contributed by atoms with E-state index in [4.69, 9.17) is 14.2 Å². The summed E-state index contributed by atoms with van der Waals surface area (Å²) >= 11 is 0. The zero-order valence-electron chi connectivity index (χ0n) is 6.72. The molecule has 0 aliphatic carbocycles. The van der Waals surface area contributed by atoms with E-state index < -0.39 is 8.32 Å². The molecule has 1 atom stereocenters. The molecule has 0 N–H and O–H groups in total. The number of epoxide rings is 1. The first-order valence-electron chi connectivity index (χ1n) is 3.50.